The second-order valence-corrected chi connectivity index (χ2v) is 1.14. The molecule has 0 aromatic carbocycles. The lowest BCUT2D eigenvalue weighted by molar-refractivity contribution is -0.441. The minimum Gasteiger partial charge on any atom is -0.715 e. The molecule has 1 rings (SSSR count). The molecule has 1 aliphatic rings. The van der Waals surface area contributed by atoms with Crippen LogP contribution in [0.4, 0.5) is 0 Å². The molecule has 0 atom stereocenters. The fourth-order valence-corrected chi connectivity index (χ4v) is 0.357. The standard InChI is InChI=1S/C3H5N2O/c6-5-2-1-4-3-5/h4H,1-2H2. The zero-order valence-corrected chi connectivity index (χ0v) is 3.27. The molecule has 0 unspecified atom stereocenters. The number of rotatable bonds is 0. The number of hydrogen-bond acceptors (Lipinski definition) is 2. The van der Waals surface area contributed by atoms with E-state index in [1.807, 2.05) is 0 Å². The van der Waals surface area contributed by atoms with Gasteiger partial charge < -0.3 is 5.21 Å². The summed E-state index contributed by atoms with van der Waals surface area (Å²) in [5.41, 5.74) is 0. The molecule has 1 radical (unpaired) electrons. The second kappa shape index (κ2) is 1.16. The molecule has 0 saturated carbocycles. The Balaban J connectivity index is 2.45. The first-order valence-corrected chi connectivity index (χ1v) is 1.83. The third-order valence-corrected chi connectivity index (χ3v) is 0.644. The topological polar surface area (TPSA) is 38.1 Å². The van der Waals surface area contributed by atoms with E-state index in [2.05, 4.69) is 11.7 Å². The number of nitrogens with one attached hydrogen (secondary N) is 1. The van der Waals surface area contributed by atoms with Crippen molar-refractivity contribution in [1.29, 1.82) is 0 Å². The lowest BCUT2D eigenvalue weighted by Crippen LogP contribution is -2.05. The number of hydrogen-bond donors (Lipinski definition) is 1. The number of nitrogens with zero attached hydrogens (tertiary/aromatic N) is 1. The van der Waals surface area contributed by atoms with Gasteiger partial charge in [0.25, 0.3) is 0 Å². The molecule has 3 heteroatoms. The summed E-state index contributed by atoms with van der Waals surface area (Å²) >= 11 is 0. The van der Waals surface area contributed by atoms with E-state index in [-0.39, 0.29) is 0 Å². The Morgan fingerprint density at radius 1 is 1.83 bits per heavy atom. The molecule has 0 aromatic rings. The quantitative estimate of drug-likeness (QED) is 0.303. The summed E-state index contributed by atoms with van der Waals surface area (Å²) < 4.78 is 0.750. The molecule has 0 spiro atoms. The normalized spacial score (nSPS) is 19.7. The molecule has 3 nitrogen and oxygen atoms in total. The van der Waals surface area contributed by atoms with Crippen molar-refractivity contribution in [2.45, 2.75) is 0 Å². The van der Waals surface area contributed by atoms with Crippen molar-refractivity contribution in [1.82, 2.24) is 5.32 Å². The van der Waals surface area contributed by atoms with E-state index >= 15 is 0 Å². The monoisotopic (exact) mass is 85.0 g/mol. The molecule has 1 heterocycles. The fraction of sp³-hybridized carbons (Fsp3) is 0.667. The van der Waals surface area contributed by atoms with Crippen molar-refractivity contribution in [2.75, 3.05) is 13.1 Å². The van der Waals surface area contributed by atoms with E-state index in [0.29, 0.717) is 6.54 Å². The van der Waals surface area contributed by atoms with Crippen LogP contribution in [0.25, 0.3) is 0 Å². The van der Waals surface area contributed by atoms with E-state index in [0.717, 1.165) is 11.3 Å². The molecule has 0 fully saturated rings. The van der Waals surface area contributed by atoms with Crippen LogP contribution in [0.5, 0.6) is 0 Å². The van der Waals surface area contributed by atoms with Gasteiger partial charge in [-0.1, -0.05) is 0 Å². The van der Waals surface area contributed by atoms with Gasteiger partial charge in [0, 0.05) is 0 Å². The van der Waals surface area contributed by atoms with Crippen LogP contribution >= 0.6 is 0 Å². The molecule has 0 aliphatic carbocycles. The minimum absolute atomic E-state index is 0.542. The van der Waals surface area contributed by atoms with Crippen molar-refractivity contribution in [3.8, 4) is 0 Å². The highest BCUT2D eigenvalue weighted by Gasteiger charge is 1.99. The summed E-state index contributed by atoms with van der Waals surface area (Å²) in [4.78, 5) is 0. The SMILES string of the molecule is [O-][N+]1=[C]NCC1. The summed E-state index contributed by atoms with van der Waals surface area (Å²) in [6, 6.07) is 0. The second-order valence-electron chi connectivity index (χ2n) is 1.14. The van der Waals surface area contributed by atoms with E-state index < -0.39 is 0 Å². The van der Waals surface area contributed by atoms with Crippen LogP contribution in [-0.4, -0.2) is 24.2 Å². The fourth-order valence-electron chi connectivity index (χ4n) is 0.357. The van der Waals surface area contributed by atoms with E-state index in [1.54, 1.807) is 0 Å². The maximum absolute atomic E-state index is 9.99. The Kier molecular flexibility index (Phi) is 0.670. The van der Waals surface area contributed by atoms with Gasteiger partial charge in [-0.15, -0.1) is 0 Å². The third kappa shape index (κ3) is 0.429. The molecular formula is C3H5N2O. The van der Waals surface area contributed by atoms with Crippen molar-refractivity contribution in [3.63, 3.8) is 0 Å². The van der Waals surface area contributed by atoms with Crippen LogP contribution < -0.4 is 5.32 Å². The average molecular weight is 85.1 g/mol. The third-order valence-electron chi connectivity index (χ3n) is 0.644. The van der Waals surface area contributed by atoms with Gasteiger partial charge in [0.1, 0.15) is 13.1 Å². The molecule has 0 saturated heterocycles. The number of hydroxylamine groups is 1. The summed E-state index contributed by atoms with van der Waals surface area (Å²) in [5.74, 6) is 0. The first-order valence-electron chi connectivity index (χ1n) is 1.83. The first-order chi connectivity index (χ1) is 2.89. The van der Waals surface area contributed by atoms with Gasteiger partial charge in [-0.05, 0) is 0 Å². The molecule has 33 valence electrons. The van der Waals surface area contributed by atoms with Crippen LogP contribution in [0.2, 0.25) is 0 Å². The van der Waals surface area contributed by atoms with Crippen molar-refractivity contribution in [3.05, 3.63) is 5.21 Å². The van der Waals surface area contributed by atoms with Gasteiger partial charge in [0.15, 0.2) is 0 Å². The Hall–Kier alpha value is -0.730. The summed E-state index contributed by atoms with van der Waals surface area (Å²) in [6.07, 6.45) is 2.35. The molecule has 0 amide bonds. The molecule has 6 heavy (non-hydrogen) atoms. The van der Waals surface area contributed by atoms with Crippen LogP contribution in [0.1, 0.15) is 0 Å². The predicted octanol–water partition coefficient (Wildman–Crippen LogP) is -0.995. The van der Waals surface area contributed by atoms with E-state index in [4.69, 9.17) is 0 Å². The minimum atomic E-state index is 0.542. The molecule has 1 N–H and O–H groups in total. The van der Waals surface area contributed by atoms with Crippen molar-refractivity contribution < 1.29 is 4.74 Å². The van der Waals surface area contributed by atoms with Crippen LogP contribution in [0.3, 0.4) is 0 Å². The Labute approximate surface area is 35.9 Å². The summed E-state index contributed by atoms with van der Waals surface area (Å²) in [6.45, 7) is 1.28. The lowest BCUT2D eigenvalue weighted by Gasteiger charge is -1.93. The lowest BCUT2D eigenvalue weighted by atomic mass is 10.7. The first kappa shape index (κ1) is 3.46. The van der Waals surface area contributed by atoms with Crippen LogP contribution in [0, 0.1) is 5.21 Å². The summed E-state index contributed by atoms with van der Waals surface area (Å²) in [5, 5.41) is 12.6. The highest BCUT2D eigenvalue weighted by Crippen LogP contribution is 1.70. The zero-order valence-electron chi connectivity index (χ0n) is 3.27. The Bertz CT molecular complexity index is 78.9. The maximum atomic E-state index is 9.99. The molecule has 0 aromatic heterocycles. The van der Waals surface area contributed by atoms with Crippen molar-refractivity contribution in [2.24, 2.45) is 0 Å². The molecular weight excluding hydrogens is 80.0 g/mol. The zero-order chi connectivity index (χ0) is 4.41. The van der Waals surface area contributed by atoms with E-state index in [9.17, 15) is 5.21 Å². The van der Waals surface area contributed by atoms with Crippen LogP contribution in [0.15, 0.2) is 0 Å². The molecule has 0 bridgehead atoms. The van der Waals surface area contributed by atoms with E-state index in [1.165, 1.54) is 0 Å². The van der Waals surface area contributed by atoms with Gasteiger partial charge in [-0.25, -0.2) is 0 Å². The molecule has 1 aliphatic heterocycles. The average Bonchev–Trinajstić information content (AvgIpc) is 1.86. The highest BCUT2D eigenvalue weighted by atomic mass is 16.5. The summed E-state index contributed by atoms with van der Waals surface area (Å²) in [7, 11) is 0. The highest BCUT2D eigenvalue weighted by molar-refractivity contribution is 5.49. The predicted molar refractivity (Wildman–Crippen MR) is 21.5 cm³/mol. The van der Waals surface area contributed by atoms with Gasteiger partial charge in [0.2, 0.25) is 0 Å². The Morgan fingerprint density at radius 2 is 2.67 bits per heavy atom. The largest absolute Gasteiger partial charge is 0.715 e. The van der Waals surface area contributed by atoms with Gasteiger partial charge in [0.05, 0.1) is 0 Å². The van der Waals surface area contributed by atoms with Gasteiger partial charge in [-0.2, -0.15) is 0 Å². The van der Waals surface area contributed by atoms with Crippen LogP contribution in [-0.2, 0) is 0 Å². The van der Waals surface area contributed by atoms with Gasteiger partial charge in [-0.3, -0.25) is 10.1 Å². The Morgan fingerprint density at radius 3 is 2.83 bits per heavy atom. The smallest absolute Gasteiger partial charge is 0.364 e. The van der Waals surface area contributed by atoms with Gasteiger partial charge >= 0.3 is 6.34 Å². The maximum Gasteiger partial charge on any atom is 0.364 e. The van der Waals surface area contributed by atoms with Crippen molar-refractivity contribution >= 4 is 6.34 Å².